The van der Waals surface area contributed by atoms with Gasteiger partial charge < -0.3 is 15.0 Å². The minimum absolute atomic E-state index is 0.00405. The Balaban J connectivity index is 1.88. The lowest BCUT2D eigenvalue weighted by molar-refractivity contribution is -0.143. The van der Waals surface area contributed by atoms with Crippen molar-refractivity contribution in [2.75, 3.05) is 18.0 Å². The largest absolute Gasteiger partial charge is 0.475 e. The highest BCUT2D eigenvalue weighted by Crippen LogP contribution is 2.46. The molecule has 1 fully saturated rings. The number of fused-ring (bicyclic) bond motifs is 1. The average Bonchev–Trinajstić information content (AvgIpc) is 2.49. The molecule has 0 bridgehead atoms. The van der Waals surface area contributed by atoms with Crippen molar-refractivity contribution < 1.29 is 14.3 Å². The molecule has 1 saturated carbocycles. The molecule has 0 unspecified atom stereocenters. The molecule has 2 amide bonds. The number of aryl methyl sites for hydroxylation is 2. The van der Waals surface area contributed by atoms with Crippen LogP contribution in [-0.2, 0) is 9.59 Å². The Morgan fingerprint density at radius 2 is 2.00 bits per heavy atom. The number of rotatable bonds is 4. The first-order valence-electron chi connectivity index (χ1n) is 8.36. The Labute approximate surface area is 137 Å². The number of nitrogens with zero attached hydrogens (tertiary/aromatic N) is 1. The van der Waals surface area contributed by atoms with Crippen molar-refractivity contribution in [3.63, 3.8) is 0 Å². The van der Waals surface area contributed by atoms with E-state index >= 15 is 0 Å². The minimum atomic E-state index is -0.677. The number of anilines is 1. The molecule has 1 aromatic carbocycles. The zero-order valence-electron chi connectivity index (χ0n) is 14.1. The monoisotopic (exact) mass is 316 g/mol. The van der Waals surface area contributed by atoms with Crippen molar-refractivity contribution in [3.8, 4) is 5.75 Å². The Bertz CT molecular complexity index is 650. The second-order valence-corrected chi connectivity index (χ2v) is 6.51. The summed E-state index contributed by atoms with van der Waals surface area (Å²) in [5.74, 6) is 0.823. The SMILES string of the molecule is CCC(=O)NCCN1C(=O)C2(CCC2)Oc2cc(C)c(C)cc21. The predicted octanol–water partition coefficient (Wildman–Crippen LogP) is 2.48. The van der Waals surface area contributed by atoms with Crippen LogP contribution in [0.4, 0.5) is 5.69 Å². The van der Waals surface area contributed by atoms with E-state index in [1.54, 1.807) is 4.90 Å². The molecule has 1 heterocycles. The fraction of sp³-hybridized carbons (Fsp3) is 0.556. The van der Waals surface area contributed by atoms with E-state index in [0.717, 1.165) is 41.8 Å². The van der Waals surface area contributed by atoms with Gasteiger partial charge in [-0.3, -0.25) is 9.59 Å². The number of carbonyl (C=O) groups excluding carboxylic acids is 2. The molecule has 124 valence electrons. The van der Waals surface area contributed by atoms with Crippen molar-refractivity contribution in [1.29, 1.82) is 0 Å². The first kappa shape index (κ1) is 15.8. The topological polar surface area (TPSA) is 58.6 Å². The fourth-order valence-electron chi connectivity index (χ4n) is 3.14. The molecule has 1 spiro atoms. The summed E-state index contributed by atoms with van der Waals surface area (Å²) in [5.41, 5.74) is 2.43. The van der Waals surface area contributed by atoms with Crippen molar-refractivity contribution in [3.05, 3.63) is 23.3 Å². The quantitative estimate of drug-likeness (QED) is 0.928. The molecule has 23 heavy (non-hydrogen) atoms. The van der Waals surface area contributed by atoms with Gasteiger partial charge in [-0.2, -0.15) is 0 Å². The van der Waals surface area contributed by atoms with Gasteiger partial charge in [0.1, 0.15) is 5.75 Å². The molecule has 1 aliphatic heterocycles. The van der Waals surface area contributed by atoms with E-state index in [-0.39, 0.29) is 11.8 Å². The van der Waals surface area contributed by atoms with Gasteiger partial charge in [0.05, 0.1) is 5.69 Å². The molecule has 2 aliphatic rings. The molecular weight excluding hydrogens is 292 g/mol. The molecule has 5 nitrogen and oxygen atoms in total. The number of ether oxygens (including phenoxy) is 1. The molecule has 5 heteroatoms. The van der Waals surface area contributed by atoms with Crippen molar-refractivity contribution >= 4 is 17.5 Å². The van der Waals surface area contributed by atoms with Gasteiger partial charge in [-0.25, -0.2) is 0 Å². The maximum Gasteiger partial charge on any atom is 0.271 e. The van der Waals surface area contributed by atoms with Crippen molar-refractivity contribution in [1.82, 2.24) is 5.32 Å². The number of benzene rings is 1. The second kappa shape index (κ2) is 5.87. The Hall–Kier alpha value is -2.04. The van der Waals surface area contributed by atoms with E-state index in [1.807, 2.05) is 26.0 Å². The number of amides is 2. The summed E-state index contributed by atoms with van der Waals surface area (Å²) < 4.78 is 6.10. The molecule has 0 aromatic heterocycles. The van der Waals surface area contributed by atoms with Crippen LogP contribution in [0.3, 0.4) is 0 Å². The molecule has 0 saturated heterocycles. The Morgan fingerprint density at radius 3 is 2.61 bits per heavy atom. The van der Waals surface area contributed by atoms with E-state index in [1.165, 1.54) is 0 Å². The maximum atomic E-state index is 12.9. The normalized spacial score (nSPS) is 18.2. The smallest absolute Gasteiger partial charge is 0.271 e. The highest BCUT2D eigenvalue weighted by Gasteiger charge is 2.52. The highest BCUT2D eigenvalue weighted by atomic mass is 16.5. The summed E-state index contributed by atoms with van der Waals surface area (Å²) in [6.45, 7) is 6.84. The van der Waals surface area contributed by atoms with E-state index in [0.29, 0.717) is 19.5 Å². The lowest BCUT2D eigenvalue weighted by atomic mass is 9.77. The number of hydrogen-bond donors (Lipinski definition) is 1. The van der Waals surface area contributed by atoms with Crippen LogP contribution in [-0.4, -0.2) is 30.5 Å². The van der Waals surface area contributed by atoms with Gasteiger partial charge in [0, 0.05) is 19.5 Å². The summed E-state index contributed by atoms with van der Waals surface area (Å²) in [5, 5.41) is 2.85. The first-order valence-corrected chi connectivity index (χ1v) is 8.36. The van der Waals surface area contributed by atoms with E-state index < -0.39 is 5.60 Å². The molecule has 1 aromatic rings. The van der Waals surface area contributed by atoms with Gasteiger partial charge in [-0.1, -0.05) is 6.92 Å². The van der Waals surface area contributed by atoms with Crippen LogP contribution >= 0.6 is 0 Å². The van der Waals surface area contributed by atoms with Crippen LogP contribution in [0.1, 0.15) is 43.7 Å². The van der Waals surface area contributed by atoms with Crippen molar-refractivity contribution in [2.45, 2.75) is 52.1 Å². The fourth-order valence-corrected chi connectivity index (χ4v) is 3.14. The lowest BCUT2D eigenvalue weighted by Crippen LogP contribution is -2.60. The van der Waals surface area contributed by atoms with Crippen LogP contribution in [0, 0.1) is 13.8 Å². The maximum absolute atomic E-state index is 12.9. The van der Waals surface area contributed by atoms with E-state index in [9.17, 15) is 9.59 Å². The van der Waals surface area contributed by atoms with Gasteiger partial charge in [0.25, 0.3) is 5.91 Å². The molecule has 1 aliphatic carbocycles. The van der Waals surface area contributed by atoms with Crippen LogP contribution in [0.25, 0.3) is 0 Å². The van der Waals surface area contributed by atoms with Gasteiger partial charge in [0.2, 0.25) is 5.91 Å². The summed E-state index contributed by atoms with van der Waals surface area (Å²) >= 11 is 0. The van der Waals surface area contributed by atoms with Crippen LogP contribution < -0.4 is 15.0 Å². The first-order chi connectivity index (χ1) is 11.0. The number of hydrogen-bond acceptors (Lipinski definition) is 3. The van der Waals surface area contributed by atoms with Crippen molar-refractivity contribution in [2.24, 2.45) is 0 Å². The molecule has 0 radical (unpaired) electrons. The lowest BCUT2D eigenvalue weighted by Gasteiger charge is -2.47. The third-order valence-corrected chi connectivity index (χ3v) is 4.95. The third-order valence-electron chi connectivity index (χ3n) is 4.95. The average molecular weight is 316 g/mol. The minimum Gasteiger partial charge on any atom is -0.475 e. The predicted molar refractivity (Wildman–Crippen MR) is 88.8 cm³/mol. The van der Waals surface area contributed by atoms with Crippen LogP contribution in [0.5, 0.6) is 5.75 Å². The number of nitrogens with one attached hydrogen (secondary N) is 1. The molecule has 1 N–H and O–H groups in total. The summed E-state index contributed by atoms with van der Waals surface area (Å²) in [6.07, 6.45) is 3.02. The zero-order valence-corrected chi connectivity index (χ0v) is 14.1. The Kier molecular flexibility index (Phi) is 4.04. The van der Waals surface area contributed by atoms with E-state index in [4.69, 9.17) is 4.74 Å². The summed E-state index contributed by atoms with van der Waals surface area (Å²) in [6, 6.07) is 4.03. The third kappa shape index (κ3) is 2.69. The summed E-state index contributed by atoms with van der Waals surface area (Å²) in [4.78, 5) is 26.1. The highest BCUT2D eigenvalue weighted by molar-refractivity contribution is 6.03. The molecule has 0 atom stereocenters. The molecular formula is C18H24N2O3. The van der Waals surface area contributed by atoms with E-state index in [2.05, 4.69) is 12.2 Å². The van der Waals surface area contributed by atoms with Gasteiger partial charge in [-0.05, 0) is 56.4 Å². The number of carbonyl (C=O) groups is 2. The standard InChI is InChI=1S/C18H24N2O3/c1-4-16(21)19-8-9-20-14-10-12(2)13(3)11-15(14)23-18(17(20)22)6-5-7-18/h10-11H,4-9H2,1-3H3,(H,19,21). The second-order valence-electron chi connectivity index (χ2n) is 6.51. The van der Waals surface area contributed by atoms with Crippen LogP contribution in [0.15, 0.2) is 12.1 Å². The zero-order chi connectivity index (χ0) is 16.6. The molecule has 3 rings (SSSR count). The summed E-state index contributed by atoms with van der Waals surface area (Å²) in [7, 11) is 0. The van der Waals surface area contributed by atoms with Crippen LogP contribution in [0.2, 0.25) is 0 Å². The van der Waals surface area contributed by atoms with Gasteiger partial charge in [0.15, 0.2) is 5.60 Å². The van der Waals surface area contributed by atoms with Gasteiger partial charge >= 0.3 is 0 Å². The van der Waals surface area contributed by atoms with Gasteiger partial charge in [-0.15, -0.1) is 0 Å². The Morgan fingerprint density at radius 1 is 1.30 bits per heavy atom.